The lowest BCUT2D eigenvalue weighted by molar-refractivity contribution is 0.958. The van der Waals surface area contributed by atoms with Crippen molar-refractivity contribution in [2.75, 3.05) is 0 Å². The molecule has 2 aliphatic heterocycles. The highest BCUT2D eigenvalue weighted by atomic mass is 32.2. The Labute approximate surface area is 225 Å². The molecule has 8 heteroatoms. The third kappa shape index (κ3) is 4.20. The molecule has 0 aliphatic carbocycles. The van der Waals surface area contributed by atoms with Crippen molar-refractivity contribution in [3.63, 3.8) is 0 Å². The lowest BCUT2D eigenvalue weighted by Gasteiger charge is -2.04. The molecule has 2 nitrogen and oxygen atoms in total. The van der Waals surface area contributed by atoms with Gasteiger partial charge in [0, 0.05) is 67.9 Å². The van der Waals surface area contributed by atoms with Crippen molar-refractivity contribution >= 4 is 92.4 Å². The molecule has 0 unspecified atom stereocenters. The normalized spacial score (nSPS) is 18.9. The molecule has 0 amide bonds. The summed E-state index contributed by atoms with van der Waals surface area (Å²) >= 11 is 11.6. The van der Waals surface area contributed by atoms with E-state index in [0.717, 1.165) is 0 Å². The first-order valence-electron chi connectivity index (χ1n) is 10.8. The van der Waals surface area contributed by atoms with Gasteiger partial charge in [0.1, 0.15) is 0 Å². The highest BCUT2D eigenvalue weighted by Crippen LogP contribution is 2.64. The molecule has 4 aromatic rings. The fourth-order valence-corrected chi connectivity index (χ4v) is 12.7. The van der Waals surface area contributed by atoms with E-state index in [1.807, 2.05) is 70.6 Å². The number of aryl methyl sites for hydroxylation is 2. The topological polar surface area (TPSA) is 9.86 Å². The smallest absolute Gasteiger partial charge is 0.0708 e. The van der Waals surface area contributed by atoms with E-state index in [-0.39, 0.29) is 0 Å². The zero-order chi connectivity index (χ0) is 23.4. The van der Waals surface area contributed by atoms with Crippen LogP contribution < -0.4 is 0 Å². The molecular formula is C26H22N2S6. The number of fused-ring (bicyclic) bond motifs is 2. The van der Waals surface area contributed by atoms with Gasteiger partial charge >= 0.3 is 0 Å². The Hall–Kier alpha value is -1.16. The molecular weight excluding hydrogens is 533 g/mol. The van der Waals surface area contributed by atoms with Crippen molar-refractivity contribution in [2.24, 2.45) is 14.1 Å². The van der Waals surface area contributed by atoms with E-state index >= 15 is 0 Å². The summed E-state index contributed by atoms with van der Waals surface area (Å²) in [4.78, 5) is 5.47. The number of hydrogen-bond donors (Lipinski definition) is 0. The fourth-order valence-electron chi connectivity index (χ4n) is 4.04. The van der Waals surface area contributed by atoms with Gasteiger partial charge in [0.25, 0.3) is 0 Å². The van der Waals surface area contributed by atoms with Gasteiger partial charge in [-0.25, -0.2) is 0 Å². The maximum Gasteiger partial charge on any atom is 0.0708 e. The van der Waals surface area contributed by atoms with Crippen LogP contribution in [0.15, 0.2) is 97.5 Å². The third-order valence-electron chi connectivity index (χ3n) is 5.73. The van der Waals surface area contributed by atoms with E-state index < -0.39 is 0 Å². The van der Waals surface area contributed by atoms with Crippen molar-refractivity contribution in [3.8, 4) is 0 Å². The van der Waals surface area contributed by atoms with Crippen LogP contribution in [-0.4, -0.2) is 9.13 Å². The molecule has 0 saturated heterocycles. The summed E-state index contributed by atoms with van der Waals surface area (Å²) < 4.78 is 10.1. The van der Waals surface area contributed by atoms with Crippen LogP contribution in [0.5, 0.6) is 0 Å². The molecule has 0 atom stereocenters. The van der Waals surface area contributed by atoms with Crippen molar-refractivity contribution in [1.82, 2.24) is 9.13 Å². The Morgan fingerprint density at radius 3 is 1.44 bits per heavy atom. The molecule has 0 spiro atoms. The number of para-hydroxylation sites is 2. The van der Waals surface area contributed by atoms with Gasteiger partial charge in [-0.15, -0.1) is 0 Å². The van der Waals surface area contributed by atoms with E-state index in [9.17, 15) is 0 Å². The maximum absolute atomic E-state index is 2.26. The first-order chi connectivity index (χ1) is 16.5. The number of aromatic nitrogens is 2. The van der Waals surface area contributed by atoms with Crippen molar-refractivity contribution in [1.29, 1.82) is 0 Å². The summed E-state index contributed by atoms with van der Waals surface area (Å²) in [5.41, 5.74) is 2.57. The lowest BCUT2D eigenvalue weighted by Crippen LogP contribution is -1.81. The summed E-state index contributed by atoms with van der Waals surface area (Å²) in [7, 11) is 4.26. The quantitative estimate of drug-likeness (QED) is 0.246. The highest BCUT2D eigenvalue weighted by Gasteiger charge is 2.29. The van der Waals surface area contributed by atoms with E-state index in [0.29, 0.717) is 0 Å². The number of hydrogen-bond acceptors (Lipinski definition) is 6. The second-order valence-electron chi connectivity index (χ2n) is 8.12. The third-order valence-corrected chi connectivity index (χ3v) is 14.4. The Morgan fingerprint density at radius 1 is 0.588 bits per heavy atom. The van der Waals surface area contributed by atoms with E-state index in [1.165, 1.54) is 58.4 Å². The van der Waals surface area contributed by atoms with Crippen LogP contribution in [0.1, 0.15) is 13.8 Å². The molecule has 0 saturated carbocycles. The molecule has 34 heavy (non-hydrogen) atoms. The Kier molecular flexibility index (Phi) is 6.41. The first kappa shape index (κ1) is 23.3. The van der Waals surface area contributed by atoms with Gasteiger partial charge in [-0.05, 0) is 26.0 Å². The molecule has 0 fully saturated rings. The first-order valence-corrected chi connectivity index (χ1v) is 15.7. The molecule has 172 valence electrons. The van der Waals surface area contributed by atoms with Crippen LogP contribution in [0.2, 0.25) is 0 Å². The number of rotatable bonds is 4. The molecule has 2 aromatic heterocycles. The minimum atomic E-state index is 1.29. The van der Waals surface area contributed by atoms with Crippen LogP contribution in [-0.2, 0) is 14.1 Å². The average molecular weight is 555 g/mol. The number of allylic oxidation sites excluding steroid dienone is 2. The standard InChI is InChI=1S/C26H22N2S6/c1-15-23(31-21-13-27(3)19-11-7-5-9-17(19)21)33-25(29-15)26-30-16(2)24(34-26)32-22-14-28(4)20-12-8-6-10-18(20)22/h5-14H,1-4H3/b26-25+. The van der Waals surface area contributed by atoms with Crippen molar-refractivity contribution in [2.45, 2.75) is 23.6 Å². The molecule has 0 bridgehead atoms. The summed E-state index contributed by atoms with van der Waals surface area (Å²) in [6.45, 7) is 4.52. The zero-order valence-electron chi connectivity index (χ0n) is 19.1. The number of nitrogens with zero attached hydrogens (tertiary/aromatic N) is 2. The molecule has 0 radical (unpaired) electrons. The van der Waals surface area contributed by atoms with Crippen LogP contribution in [0.4, 0.5) is 0 Å². The molecule has 2 aliphatic rings. The van der Waals surface area contributed by atoms with Gasteiger partial charge in [0.15, 0.2) is 0 Å². The van der Waals surface area contributed by atoms with Crippen LogP contribution in [0, 0.1) is 0 Å². The van der Waals surface area contributed by atoms with Crippen molar-refractivity contribution < 1.29 is 0 Å². The average Bonchev–Trinajstić information content (AvgIpc) is 3.56. The Morgan fingerprint density at radius 2 is 1.00 bits per heavy atom. The number of benzene rings is 2. The van der Waals surface area contributed by atoms with Gasteiger partial charge in [0.05, 0.1) is 16.9 Å². The minimum absolute atomic E-state index is 1.29. The lowest BCUT2D eigenvalue weighted by atomic mass is 10.2. The summed E-state index contributed by atoms with van der Waals surface area (Å²) in [6, 6.07) is 17.3. The summed E-state index contributed by atoms with van der Waals surface area (Å²) in [5.74, 6) is 0. The molecule has 0 N–H and O–H groups in total. The van der Waals surface area contributed by atoms with Gasteiger partial charge < -0.3 is 9.13 Å². The highest BCUT2D eigenvalue weighted by molar-refractivity contribution is 8.40. The monoisotopic (exact) mass is 554 g/mol. The van der Waals surface area contributed by atoms with E-state index in [4.69, 9.17) is 0 Å². The fraction of sp³-hybridized carbons (Fsp3) is 0.154. The van der Waals surface area contributed by atoms with Gasteiger partial charge in [-0.1, -0.05) is 107 Å². The second kappa shape index (κ2) is 9.37. The van der Waals surface area contributed by atoms with E-state index in [1.54, 1.807) is 0 Å². The SMILES string of the molecule is CC1=C(Sc2cn(C)c3ccccc23)S/C(=C2\SC(C)=C(Sc3cn(C)c4ccccc34)S2)S1. The Balaban J connectivity index is 1.21. The zero-order valence-corrected chi connectivity index (χ0v) is 24.0. The Bertz CT molecular complexity index is 1440. The predicted molar refractivity (Wildman–Crippen MR) is 160 cm³/mol. The predicted octanol–water partition coefficient (Wildman–Crippen LogP) is 10.0. The van der Waals surface area contributed by atoms with Crippen LogP contribution in [0.25, 0.3) is 21.8 Å². The summed E-state index contributed by atoms with van der Waals surface area (Å²) in [5, 5.41) is 2.66. The van der Waals surface area contributed by atoms with E-state index in [2.05, 4.69) is 98.0 Å². The van der Waals surface area contributed by atoms with Gasteiger partial charge in [-0.2, -0.15) is 0 Å². The van der Waals surface area contributed by atoms with Gasteiger partial charge in [0.2, 0.25) is 0 Å². The molecule has 2 aromatic carbocycles. The van der Waals surface area contributed by atoms with Crippen molar-refractivity contribution in [3.05, 3.63) is 87.7 Å². The minimum Gasteiger partial charge on any atom is -0.349 e. The summed E-state index contributed by atoms with van der Waals surface area (Å²) in [6.07, 6.45) is 4.52. The van der Waals surface area contributed by atoms with Crippen LogP contribution >= 0.6 is 70.6 Å². The maximum atomic E-state index is 2.26. The molecule has 4 heterocycles. The number of thioether (sulfide) groups is 6. The molecule has 6 rings (SSSR count). The second-order valence-corrected chi connectivity index (χ2v) is 15.7. The van der Waals surface area contributed by atoms with Gasteiger partial charge in [-0.3, -0.25) is 0 Å². The van der Waals surface area contributed by atoms with Crippen LogP contribution in [0.3, 0.4) is 0 Å². The largest absolute Gasteiger partial charge is 0.349 e.